The van der Waals surface area contributed by atoms with E-state index in [-0.39, 0.29) is 0 Å². The lowest BCUT2D eigenvalue weighted by molar-refractivity contribution is 0.829. The van der Waals surface area contributed by atoms with Gasteiger partial charge in [0.15, 0.2) is 5.82 Å². The summed E-state index contributed by atoms with van der Waals surface area (Å²) < 4.78 is 1.79. The molecule has 1 N–H and O–H groups in total. The van der Waals surface area contributed by atoms with E-state index in [0.717, 1.165) is 34.9 Å². The van der Waals surface area contributed by atoms with Crippen molar-refractivity contribution in [1.82, 2.24) is 19.7 Å². The first kappa shape index (κ1) is 13.3. The summed E-state index contributed by atoms with van der Waals surface area (Å²) in [5, 5.41) is 7.66. The van der Waals surface area contributed by atoms with Gasteiger partial charge in [-0.05, 0) is 19.4 Å². The Morgan fingerprint density at radius 3 is 2.67 bits per heavy atom. The molecule has 0 spiro atoms. The minimum absolute atomic E-state index is 0.795. The predicted octanol–water partition coefficient (Wildman–Crippen LogP) is 3.07. The molecule has 2 aromatic heterocycles. The zero-order valence-electron chi connectivity index (χ0n) is 12.1. The van der Waals surface area contributed by atoms with Crippen LogP contribution in [0.5, 0.6) is 0 Å². The highest BCUT2D eigenvalue weighted by Crippen LogP contribution is 2.21. The van der Waals surface area contributed by atoms with Crippen LogP contribution in [0.2, 0.25) is 0 Å². The molecule has 0 unspecified atom stereocenters. The van der Waals surface area contributed by atoms with Crippen LogP contribution in [-0.2, 0) is 0 Å². The lowest BCUT2D eigenvalue weighted by Crippen LogP contribution is -2.07. The summed E-state index contributed by atoms with van der Waals surface area (Å²) in [6.07, 6.45) is 5.40. The summed E-state index contributed by atoms with van der Waals surface area (Å²) in [7, 11) is 0. The fourth-order valence-corrected chi connectivity index (χ4v) is 2.24. The van der Waals surface area contributed by atoms with Gasteiger partial charge in [0.25, 0.3) is 0 Å². The zero-order valence-corrected chi connectivity index (χ0v) is 12.1. The van der Waals surface area contributed by atoms with Gasteiger partial charge in [0, 0.05) is 23.9 Å². The van der Waals surface area contributed by atoms with Gasteiger partial charge in [-0.15, -0.1) is 0 Å². The molecule has 2 heterocycles. The van der Waals surface area contributed by atoms with Crippen LogP contribution in [0.4, 0.5) is 5.82 Å². The number of rotatable bonds is 4. The van der Waals surface area contributed by atoms with Crippen LogP contribution in [0.1, 0.15) is 12.5 Å². The molecule has 0 fully saturated rings. The zero-order chi connectivity index (χ0) is 14.7. The molecule has 5 heteroatoms. The van der Waals surface area contributed by atoms with Crippen molar-refractivity contribution >= 4 is 5.82 Å². The molecule has 3 aromatic rings. The second-order valence-corrected chi connectivity index (χ2v) is 4.74. The molecule has 0 amide bonds. The molecule has 5 nitrogen and oxygen atoms in total. The summed E-state index contributed by atoms with van der Waals surface area (Å²) in [5.41, 5.74) is 3.20. The molecule has 21 heavy (non-hydrogen) atoms. The highest BCUT2D eigenvalue weighted by Gasteiger charge is 2.10. The number of aromatic nitrogens is 4. The second kappa shape index (κ2) is 5.75. The summed E-state index contributed by atoms with van der Waals surface area (Å²) in [6, 6.07) is 10.2. The Bertz CT molecular complexity index is 733. The van der Waals surface area contributed by atoms with Gasteiger partial charge in [-0.25, -0.2) is 14.6 Å². The first-order valence-electron chi connectivity index (χ1n) is 6.95. The fraction of sp³-hybridized carbons (Fsp3) is 0.188. The smallest absolute Gasteiger partial charge is 0.161 e. The molecule has 0 radical (unpaired) electrons. The number of nitrogens with one attached hydrogen (secondary N) is 1. The van der Waals surface area contributed by atoms with Crippen LogP contribution in [0, 0.1) is 6.92 Å². The fourth-order valence-electron chi connectivity index (χ4n) is 2.24. The van der Waals surface area contributed by atoms with Crippen molar-refractivity contribution in [3.05, 3.63) is 54.6 Å². The molecule has 0 bridgehead atoms. The van der Waals surface area contributed by atoms with E-state index in [1.165, 1.54) is 0 Å². The van der Waals surface area contributed by atoms with Crippen LogP contribution in [0.25, 0.3) is 16.9 Å². The summed E-state index contributed by atoms with van der Waals surface area (Å²) in [6.45, 7) is 4.87. The number of anilines is 1. The average Bonchev–Trinajstić information content (AvgIpc) is 3.00. The maximum absolute atomic E-state index is 4.42. The molecule has 1 aromatic carbocycles. The van der Waals surface area contributed by atoms with Gasteiger partial charge in [-0.3, -0.25) is 0 Å². The molecular formula is C16H17N5. The van der Waals surface area contributed by atoms with Crippen molar-refractivity contribution in [2.45, 2.75) is 13.8 Å². The monoisotopic (exact) mass is 279 g/mol. The highest BCUT2D eigenvalue weighted by molar-refractivity contribution is 5.62. The van der Waals surface area contributed by atoms with Crippen molar-refractivity contribution in [1.29, 1.82) is 0 Å². The van der Waals surface area contributed by atoms with Crippen molar-refractivity contribution in [3.63, 3.8) is 0 Å². The number of hydrogen-bond acceptors (Lipinski definition) is 4. The Labute approximate surface area is 123 Å². The van der Waals surface area contributed by atoms with Crippen molar-refractivity contribution in [3.8, 4) is 16.9 Å². The average molecular weight is 279 g/mol. The van der Waals surface area contributed by atoms with E-state index >= 15 is 0 Å². The second-order valence-electron chi connectivity index (χ2n) is 4.74. The van der Waals surface area contributed by atoms with Crippen LogP contribution >= 0.6 is 0 Å². The summed E-state index contributed by atoms with van der Waals surface area (Å²) in [4.78, 5) is 8.60. The molecule has 0 aliphatic carbocycles. The number of benzene rings is 1. The van der Waals surface area contributed by atoms with Crippen molar-refractivity contribution < 1.29 is 0 Å². The van der Waals surface area contributed by atoms with E-state index in [1.807, 2.05) is 44.4 Å². The molecule has 0 aliphatic heterocycles. The minimum atomic E-state index is 0.795. The maximum Gasteiger partial charge on any atom is 0.161 e. The third kappa shape index (κ3) is 2.63. The van der Waals surface area contributed by atoms with Crippen LogP contribution in [-0.4, -0.2) is 26.3 Å². The first-order chi connectivity index (χ1) is 10.3. The summed E-state index contributed by atoms with van der Waals surface area (Å²) >= 11 is 0. The van der Waals surface area contributed by atoms with Gasteiger partial charge in [0.2, 0.25) is 0 Å². The molecule has 0 saturated heterocycles. The van der Waals surface area contributed by atoms with Gasteiger partial charge in [-0.1, -0.05) is 30.3 Å². The van der Waals surface area contributed by atoms with E-state index in [0.29, 0.717) is 0 Å². The van der Waals surface area contributed by atoms with E-state index in [1.54, 1.807) is 11.0 Å². The van der Waals surface area contributed by atoms with Crippen LogP contribution in [0.3, 0.4) is 0 Å². The van der Waals surface area contributed by atoms with E-state index in [2.05, 4.69) is 32.5 Å². The van der Waals surface area contributed by atoms with E-state index < -0.39 is 0 Å². The lowest BCUT2D eigenvalue weighted by Gasteiger charge is -2.09. The van der Waals surface area contributed by atoms with Gasteiger partial charge < -0.3 is 5.32 Å². The molecule has 0 atom stereocenters. The molecule has 0 saturated carbocycles. The largest absolute Gasteiger partial charge is 0.370 e. The van der Waals surface area contributed by atoms with Crippen molar-refractivity contribution in [2.24, 2.45) is 0 Å². The molecular weight excluding hydrogens is 262 g/mol. The maximum atomic E-state index is 4.42. The quantitative estimate of drug-likeness (QED) is 0.797. The van der Waals surface area contributed by atoms with Gasteiger partial charge in [0.1, 0.15) is 12.1 Å². The Kier molecular flexibility index (Phi) is 3.64. The molecule has 0 aliphatic rings. The SMILES string of the molecule is CCNc1ncnc(-n2cc(-c3ccccc3)cn2)c1C. The highest BCUT2D eigenvalue weighted by atomic mass is 15.3. The Balaban J connectivity index is 1.99. The Morgan fingerprint density at radius 2 is 1.90 bits per heavy atom. The van der Waals surface area contributed by atoms with E-state index in [9.17, 15) is 0 Å². The van der Waals surface area contributed by atoms with Gasteiger partial charge >= 0.3 is 0 Å². The minimum Gasteiger partial charge on any atom is -0.370 e. The Morgan fingerprint density at radius 1 is 1.10 bits per heavy atom. The third-order valence-electron chi connectivity index (χ3n) is 3.31. The third-order valence-corrected chi connectivity index (χ3v) is 3.31. The standard InChI is InChI=1S/C16H17N5/c1-3-17-15-12(2)16(19-11-18-15)21-10-14(9-20-21)13-7-5-4-6-8-13/h4-11H,3H2,1-2H3,(H,17,18,19). The van der Waals surface area contributed by atoms with Gasteiger partial charge in [0.05, 0.1) is 6.20 Å². The molecule has 106 valence electrons. The first-order valence-corrected chi connectivity index (χ1v) is 6.95. The van der Waals surface area contributed by atoms with Crippen LogP contribution < -0.4 is 5.32 Å². The number of nitrogens with zero attached hydrogens (tertiary/aromatic N) is 4. The van der Waals surface area contributed by atoms with Crippen molar-refractivity contribution in [2.75, 3.05) is 11.9 Å². The predicted molar refractivity (Wildman–Crippen MR) is 83.5 cm³/mol. The van der Waals surface area contributed by atoms with E-state index in [4.69, 9.17) is 0 Å². The normalized spacial score (nSPS) is 10.6. The van der Waals surface area contributed by atoms with Crippen LogP contribution in [0.15, 0.2) is 49.1 Å². The Hall–Kier alpha value is -2.69. The lowest BCUT2D eigenvalue weighted by atomic mass is 10.1. The van der Waals surface area contributed by atoms with Gasteiger partial charge in [-0.2, -0.15) is 5.10 Å². The summed E-state index contributed by atoms with van der Waals surface area (Å²) in [5.74, 6) is 1.64. The topological polar surface area (TPSA) is 55.6 Å². The number of hydrogen-bond donors (Lipinski definition) is 1. The molecule has 3 rings (SSSR count).